The maximum atomic E-state index is 13.0. The van der Waals surface area contributed by atoms with Gasteiger partial charge in [0, 0.05) is 43.7 Å². The number of likely N-dealkylation sites (tertiary alicyclic amines) is 1. The van der Waals surface area contributed by atoms with Gasteiger partial charge in [-0.15, -0.1) is 0 Å². The van der Waals surface area contributed by atoms with Crippen molar-refractivity contribution in [3.8, 4) is 0 Å². The number of carbonyl (C=O) groups excluding carboxylic acids is 2. The van der Waals surface area contributed by atoms with E-state index in [4.69, 9.17) is 10.5 Å². The van der Waals surface area contributed by atoms with E-state index in [1.807, 2.05) is 65.6 Å². The molecular formula is C29H34N4O3. The van der Waals surface area contributed by atoms with Crippen molar-refractivity contribution >= 4 is 17.8 Å². The lowest BCUT2D eigenvalue weighted by Gasteiger charge is -2.33. The van der Waals surface area contributed by atoms with Crippen molar-refractivity contribution in [2.24, 2.45) is 5.73 Å². The Labute approximate surface area is 212 Å². The first kappa shape index (κ1) is 25.1. The van der Waals surface area contributed by atoms with Crippen LogP contribution in [0.2, 0.25) is 0 Å². The van der Waals surface area contributed by atoms with Crippen molar-refractivity contribution < 1.29 is 14.3 Å². The fourth-order valence-electron chi connectivity index (χ4n) is 4.60. The second-order valence-corrected chi connectivity index (χ2v) is 9.08. The fourth-order valence-corrected chi connectivity index (χ4v) is 4.60. The molecule has 0 unspecified atom stereocenters. The Morgan fingerprint density at radius 3 is 2.03 bits per heavy atom. The molecule has 1 aliphatic rings. The summed E-state index contributed by atoms with van der Waals surface area (Å²) in [5.41, 5.74) is 9.51. The smallest absolute Gasteiger partial charge is 0.404 e. The second kappa shape index (κ2) is 12.6. The first-order valence-corrected chi connectivity index (χ1v) is 12.5. The highest BCUT2D eigenvalue weighted by Crippen LogP contribution is 2.24. The Balaban J connectivity index is 1.24. The summed E-state index contributed by atoms with van der Waals surface area (Å²) in [7, 11) is 0. The Morgan fingerprint density at radius 1 is 0.889 bits per heavy atom. The zero-order valence-electron chi connectivity index (χ0n) is 20.4. The summed E-state index contributed by atoms with van der Waals surface area (Å²) in [5, 5.41) is 6.74. The molecule has 0 spiro atoms. The van der Waals surface area contributed by atoms with Gasteiger partial charge in [-0.05, 0) is 41.7 Å². The van der Waals surface area contributed by atoms with Crippen molar-refractivity contribution in [2.75, 3.05) is 31.6 Å². The molecule has 1 aliphatic heterocycles. The summed E-state index contributed by atoms with van der Waals surface area (Å²) in [6.45, 7) is 2.27. The molecule has 3 amide bonds. The number of urea groups is 1. The first-order valence-electron chi connectivity index (χ1n) is 12.5. The third-order valence-corrected chi connectivity index (χ3v) is 6.60. The summed E-state index contributed by atoms with van der Waals surface area (Å²) >= 11 is 0. The zero-order chi connectivity index (χ0) is 25.2. The van der Waals surface area contributed by atoms with Crippen LogP contribution in [0.15, 0.2) is 84.9 Å². The van der Waals surface area contributed by atoms with Crippen molar-refractivity contribution in [2.45, 2.75) is 31.2 Å². The topological polar surface area (TPSA) is 96.7 Å². The van der Waals surface area contributed by atoms with E-state index >= 15 is 0 Å². The van der Waals surface area contributed by atoms with E-state index in [9.17, 15) is 9.59 Å². The average Bonchev–Trinajstić information content (AvgIpc) is 2.91. The van der Waals surface area contributed by atoms with Crippen LogP contribution in [0.25, 0.3) is 0 Å². The summed E-state index contributed by atoms with van der Waals surface area (Å²) in [4.78, 5) is 25.5. The molecule has 4 rings (SSSR count). The molecule has 0 saturated carbocycles. The number of nitrogens with two attached hydrogens (primary N) is 1. The van der Waals surface area contributed by atoms with Crippen molar-refractivity contribution in [1.82, 2.24) is 10.2 Å². The molecule has 0 aliphatic carbocycles. The number of hydrogen-bond donors (Lipinski definition) is 3. The van der Waals surface area contributed by atoms with Gasteiger partial charge in [0.15, 0.2) is 0 Å². The quantitative estimate of drug-likeness (QED) is 0.407. The number of anilines is 1. The van der Waals surface area contributed by atoms with Gasteiger partial charge in [0.25, 0.3) is 0 Å². The molecule has 0 bridgehead atoms. The molecule has 3 aromatic carbocycles. The molecule has 1 heterocycles. The maximum Gasteiger partial charge on any atom is 0.404 e. The van der Waals surface area contributed by atoms with Gasteiger partial charge in [0.1, 0.15) is 0 Å². The van der Waals surface area contributed by atoms with Gasteiger partial charge >= 0.3 is 12.1 Å². The van der Waals surface area contributed by atoms with Crippen LogP contribution in [0, 0.1) is 0 Å². The molecule has 0 radical (unpaired) electrons. The number of primary amides is 1. The summed E-state index contributed by atoms with van der Waals surface area (Å²) in [5.74, 6) is 0.112. The molecule has 0 atom stereocenters. The number of nitrogens with one attached hydrogen (secondary N) is 2. The SMILES string of the molecule is NC(=O)OCCc1ccc(NC2CCN(C(=O)NCC(c3ccccc3)c3ccccc3)CC2)cc1. The molecule has 1 saturated heterocycles. The molecule has 4 N–H and O–H groups in total. The lowest BCUT2D eigenvalue weighted by Crippen LogP contribution is -2.47. The van der Waals surface area contributed by atoms with Gasteiger partial charge in [0.05, 0.1) is 6.61 Å². The van der Waals surface area contributed by atoms with E-state index in [2.05, 4.69) is 34.9 Å². The van der Waals surface area contributed by atoms with Crippen LogP contribution in [-0.2, 0) is 11.2 Å². The Bertz CT molecular complexity index is 1060. The molecule has 36 heavy (non-hydrogen) atoms. The third-order valence-electron chi connectivity index (χ3n) is 6.60. The van der Waals surface area contributed by atoms with Crippen molar-refractivity contribution in [3.05, 3.63) is 102 Å². The number of rotatable bonds is 9. The van der Waals surface area contributed by atoms with Crippen LogP contribution in [-0.4, -0.2) is 49.3 Å². The van der Waals surface area contributed by atoms with Crippen LogP contribution in [0.3, 0.4) is 0 Å². The van der Waals surface area contributed by atoms with Gasteiger partial charge in [-0.1, -0.05) is 72.8 Å². The number of carbonyl (C=O) groups is 2. The van der Waals surface area contributed by atoms with Crippen LogP contribution in [0.5, 0.6) is 0 Å². The second-order valence-electron chi connectivity index (χ2n) is 9.08. The van der Waals surface area contributed by atoms with Crippen LogP contribution >= 0.6 is 0 Å². The summed E-state index contributed by atoms with van der Waals surface area (Å²) in [6.07, 6.45) is 1.66. The number of benzene rings is 3. The minimum Gasteiger partial charge on any atom is -0.449 e. The standard InChI is InChI=1S/C29H34N4O3/c30-28(34)36-20-17-22-11-13-25(14-12-22)32-26-15-18-33(19-16-26)29(35)31-21-27(23-7-3-1-4-8-23)24-9-5-2-6-10-24/h1-14,26-27,32H,15-21H2,(H2,30,34)(H,31,35). The van der Waals surface area contributed by atoms with Gasteiger partial charge in [0.2, 0.25) is 0 Å². The minimum absolute atomic E-state index is 0.00663. The van der Waals surface area contributed by atoms with E-state index < -0.39 is 6.09 Å². The molecule has 3 aromatic rings. The molecule has 188 valence electrons. The van der Waals surface area contributed by atoms with Crippen LogP contribution in [0.1, 0.15) is 35.4 Å². The van der Waals surface area contributed by atoms with Crippen molar-refractivity contribution in [3.63, 3.8) is 0 Å². The zero-order valence-corrected chi connectivity index (χ0v) is 20.4. The lowest BCUT2D eigenvalue weighted by molar-refractivity contribution is 0.158. The van der Waals surface area contributed by atoms with E-state index in [0.29, 0.717) is 32.1 Å². The predicted octanol–water partition coefficient (Wildman–Crippen LogP) is 4.74. The van der Waals surface area contributed by atoms with E-state index in [0.717, 1.165) is 24.1 Å². The molecular weight excluding hydrogens is 452 g/mol. The molecule has 7 heteroatoms. The van der Waals surface area contributed by atoms with E-state index in [-0.39, 0.29) is 18.6 Å². The maximum absolute atomic E-state index is 13.0. The predicted molar refractivity (Wildman–Crippen MR) is 142 cm³/mol. The highest BCUT2D eigenvalue weighted by Gasteiger charge is 2.24. The monoisotopic (exact) mass is 486 g/mol. The Morgan fingerprint density at radius 2 is 1.47 bits per heavy atom. The molecule has 1 fully saturated rings. The van der Waals surface area contributed by atoms with Gasteiger partial charge < -0.3 is 26.0 Å². The Hall–Kier alpha value is -4.00. The van der Waals surface area contributed by atoms with Crippen LogP contribution in [0.4, 0.5) is 15.3 Å². The van der Waals surface area contributed by atoms with Gasteiger partial charge in [-0.2, -0.15) is 0 Å². The van der Waals surface area contributed by atoms with Crippen molar-refractivity contribution in [1.29, 1.82) is 0 Å². The van der Waals surface area contributed by atoms with Gasteiger partial charge in [-0.25, -0.2) is 9.59 Å². The molecule has 7 nitrogen and oxygen atoms in total. The highest BCUT2D eigenvalue weighted by atomic mass is 16.5. The van der Waals surface area contributed by atoms with Crippen LogP contribution < -0.4 is 16.4 Å². The number of nitrogens with zero attached hydrogens (tertiary/aromatic N) is 1. The fraction of sp³-hybridized carbons (Fsp3) is 0.310. The number of ether oxygens (including phenoxy) is 1. The molecule has 0 aromatic heterocycles. The Kier molecular flexibility index (Phi) is 8.81. The number of piperidine rings is 1. The highest BCUT2D eigenvalue weighted by molar-refractivity contribution is 5.74. The summed E-state index contributed by atoms with van der Waals surface area (Å²) < 4.78 is 4.79. The van der Waals surface area contributed by atoms with E-state index in [1.54, 1.807) is 0 Å². The number of hydrogen-bond acceptors (Lipinski definition) is 4. The first-order chi connectivity index (χ1) is 17.6. The minimum atomic E-state index is -0.750. The normalized spacial score (nSPS) is 13.9. The summed E-state index contributed by atoms with van der Waals surface area (Å²) in [6, 6.07) is 29.1. The van der Waals surface area contributed by atoms with E-state index in [1.165, 1.54) is 11.1 Å². The largest absolute Gasteiger partial charge is 0.449 e. The average molecular weight is 487 g/mol. The lowest BCUT2D eigenvalue weighted by atomic mass is 9.91. The third kappa shape index (κ3) is 7.25. The number of amides is 3. The van der Waals surface area contributed by atoms with Gasteiger partial charge in [-0.3, -0.25) is 0 Å².